The molecule has 136 valence electrons. The highest BCUT2D eigenvalue weighted by Gasteiger charge is 2.19. The van der Waals surface area contributed by atoms with Crippen molar-refractivity contribution in [1.82, 2.24) is 15.3 Å². The van der Waals surface area contributed by atoms with E-state index < -0.39 is 17.7 Å². The highest BCUT2D eigenvalue weighted by Crippen LogP contribution is 2.19. The number of nitrogens with zero attached hydrogens (tertiary/aromatic N) is 1. The summed E-state index contributed by atoms with van der Waals surface area (Å²) in [5.41, 5.74) is 1.00. The molecule has 0 aliphatic rings. The first-order chi connectivity index (χ1) is 11.5. The van der Waals surface area contributed by atoms with Gasteiger partial charge in [-0.3, -0.25) is 0 Å². The standard InChI is InChI=1S/C18H25N3O4/c1-10(2)24-16(22)14-9-12-7-8-13(20-15(12)21-14)11(3)19-17(23)25-18(4,5)6/h7-11H,1-6H3,(H,19,23)(H,20,21)/t11-/m1/s1. The van der Waals surface area contributed by atoms with Crippen LogP contribution in [0.1, 0.15) is 63.8 Å². The first kappa shape index (κ1) is 18.8. The molecule has 0 aromatic carbocycles. The monoisotopic (exact) mass is 347 g/mol. The average Bonchev–Trinajstić information content (AvgIpc) is 2.87. The Morgan fingerprint density at radius 3 is 2.48 bits per heavy atom. The van der Waals surface area contributed by atoms with Crippen LogP contribution >= 0.6 is 0 Å². The molecule has 2 rings (SSSR count). The normalized spacial score (nSPS) is 12.9. The molecule has 0 fully saturated rings. The van der Waals surface area contributed by atoms with E-state index in [-0.39, 0.29) is 12.1 Å². The maximum Gasteiger partial charge on any atom is 0.408 e. The molecule has 2 N–H and O–H groups in total. The van der Waals surface area contributed by atoms with Crippen LogP contribution < -0.4 is 5.32 Å². The Labute approximate surface area is 147 Å². The van der Waals surface area contributed by atoms with Gasteiger partial charge in [0.15, 0.2) is 0 Å². The Kier molecular flexibility index (Phi) is 5.35. The minimum atomic E-state index is -0.563. The second kappa shape index (κ2) is 7.13. The van der Waals surface area contributed by atoms with Crippen molar-refractivity contribution in [3.63, 3.8) is 0 Å². The summed E-state index contributed by atoms with van der Waals surface area (Å²) < 4.78 is 10.4. The topological polar surface area (TPSA) is 93.3 Å². The summed E-state index contributed by atoms with van der Waals surface area (Å²) in [5.74, 6) is -0.422. The van der Waals surface area contributed by atoms with Gasteiger partial charge >= 0.3 is 12.1 Å². The van der Waals surface area contributed by atoms with E-state index in [9.17, 15) is 9.59 Å². The van der Waals surface area contributed by atoms with Gasteiger partial charge in [0, 0.05) is 5.39 Å². The molecule has 0 saturated carbocycles. The number of H-pyrrole nitrogens is 1. The van der Waals surface area contributed by atoms with Gasteiger partial charge in [-0.25, -0.2) is 14.6 Å². The van der Waals surface area contributed by atoms with E-state index in [2.05, 4.69) is 15.3 Å². The molecule has 2 aromatic heterocycles. The Bertz CT molecular complexity index is 774. The first-order valence-corrected chi connectivity index (χ1v) is 8.25. The van der Waals surface area contributed by atoms with Crippen LogP contribution in [0, 0.1) is 0 Å². The lowest BCUT2D eigenvalue weighted by atomic mass is 10.2. The molecule has 0 bridgehead atoms. The van der Waals surface area contributed by atoms with Crippen molar-refractivity contribution >= 4 is 23.1 Å². The molecule has 0 aliphatic carbocycles. The number of esters is 1. The van der Waals surface area contributed by atoms with Gasteiger partial charge in [-0.1, -0.05) is 0 Å². The number of aromatic amines is 1. The molecule has 0 unspecified atom stereocenters. The molecule has 0 saturated heterocycles. The largest absolute Gasteiger partial charge is 0.458 e. The molecule has 0 radical (unpaired) electrons. The van der Waals surface area contributed by atoms with Crippen LogP contribution in [-0.4, -0.2) is 33.7 Å². The summed E-state index contributed by atoms with van der Waals surface area (Å²) in [5, 5.41) is 3.54. The average molecular weight is 347 g/mol. The fourth-order valence-electron chi connectivity index (χ4n) is 2.21. The fourth-order valence-corrected chi connectivity index (χ4v) is 2.21. The fraction of sp³-hybridized carbons (Fsp3) is 0.500. The minimum absolute atomic E-state index is 0.194. The number of amides is 1. The number of fused-ring (bicyclic) bond motifs is 1. The van der Waals surface area contributed by atoms with Gasteiger partial charge in [0.05, 0.1) is 17.8 Å². The Morgan fingerprint density at radius 1 is 1.20 bits per heavy atom. The maximum atomic E-state index is 12.0. The van der Waals surface area contributed by atoms with Gasteiger partial charge in [0.2, 0.25) is 0 Å². The Morgan fingerprint density at radius 2 is 1.88 bits per heavy atom. The van der Waals surface area contributed by atoms with Crippen molar-refractivity contribution in [3.05, 3.63) is 29.6 Å². The second-order valence-corrected chi connectivity index (χ2v) is 7.18. The lowest BCUT2D eigenvalue weighted by molar-refractivity contribution is 0.0371. The van der Waals surface area contributed by atoms with Gasteiger partial charge in [0.1, 0.15) is 16.9 Å². The van der Waals surface area contributed by atoms with E-state index in [0.29, 0.717) is 17.0 Å². The number of pyridine rings is 1. The van der Waals surface area contributed by atoms with Crippen LogP contribution in [-0.2, 0) is 9.47 Å². The molecule has 2 aromatic rings. The Balaban J connectivity index is 2.14. The van der Waals surface area contributed by atoms with E-state index in [1.54, 1.807) is 46.8 Å². The van der Waals surface area contributed by atoms with Crippen LogP contribution in [0.15, 0.2) is 18.2 Å². The lowest BCUT2D eigenvalue weighted by Gasteiger charge is -2.21. The molecule has 1 amide bonds. The third kappa shape index (κ3) is 5.20. The zero-order chi connectivity index (χ0) is 18.8. The van der Waals surface area contributed by atoms with E-state index >= 15 is 0 Å². The molecular weight excluding hydrogens is 322 g/mol. The number of nitrogens with one attached hydrogen (secondary N) is 2. The molecule has 7 nitrogen and oxygen atoms in total. The van der Waals surface area contributed by atoms with E-state index in [1.165, 1.54) is 0 Å². The summed E-state index contributed by atoms with van der Waals surface area (Å²) in [7, 11) is 0. The number of rotatable bonds is 4. The van der Waals surface area contributed by atoms with Crippen LogP contribution in [0.5, 0.6) is 0 Å². The van der Waals surface area contributed by atoms with Crippen molar-refractivity contribution < 1.29 is 19.1 Å². The van der Waals surface area contributed by atoms with Crippen molar-refractivity contribution in [2.45, 2.75) is 59.3 Å². The van der Waals surface area contributed by atoms with Gasteiger partial charge in [-0.2, -0.15) is 0 Å². The molecular formula is C18H25N3O4. The SMILES string of the molecule is CC(C)OC(=O)c1cc2ccc([C@@H](C)NC(=O)OC(C)(C)C)nc2[nH]1. The van der Waals surface area contributed by atoms with E-state index in [1.807, 2.05) is 13.0 Å². The van der Waals surface area contributed by atoms with Gasteiger partial charge in [-0.05, 0) is 59.7 Å². The number of carbonyl (C=O) groups excluding carboxylic acids is 2. The van der Waals surface area contributed by atoms with Crippen LogP contribution in [0.4, 0.5) is 4.79 Å². The number of ether oxygens (including phenoxy) is 2. The second-order valence-electron chi connectivity index (χ2n) is 7.18. The summed E-state index contributed by atoms with van der Waals surface area (Å²) >= 11 is 0. The lowest BCUT2D eigenvalue weighted by Crippen LogP contribution is -2.34. The van der Waals surface area contributed by atoms with E-state index in [4.69, 9.17) is 9.47 Å². The minimum Gasteiger partial charge on any atom is -0.458 e. The number of hydrogen-bond acceptors (Lipinski definition) is 5. The zero-order valence-corrected chi connectivity index (χ0v) is 15.5. The molecule has 7 heteroatoms. The first-order valence-electron chi connectivity index (χ1n) is 8.25. The molecule has 1 atom stereocenters. The van der Waals surface area contributed by atoms with Crippen molar-refractivity contribution in [2.24, 2.45) is 0 Å². The number of aromatic nitrogens is 2. The number of carbonyl (C=O) groups is 2. The van der Waals surface area contributed by atoms with Gasteiger partial charge in [0.25, 0.3) is 0 Å². The van der Waals surface area contributed by atoms with E-state index in [0.717, 1.165) is 5.39 Å². The molecule has 0 spiro atoms. The number of alkyl carbamates (subject to hydrolysis) is 1. The zero-order valence-electron chi connectivity index (χ0n) is 15.5. The third-order valence-corrected chi connectivity index (χ3v) is 3.24. The van der Waals surface area contributed by atoms with Crippen molar-refractivity contribution in [1.29, 1.82) is 0 Å². The van der Waals surface area contributed by atoms with Crippen LogP contribution in [0.2, 0.25) is 0 Å². The molecule has 0 aliphatic heterocycles. The summed E-state index contributed by atoms with van der Waals surface area (Å²) in [6.45, 7) is 10.8. The van der Waals surface area contributed by atoms with Crippen molar-refractivity contribution in [3.8, 4) is 0 Å². The smallest absolute Gasteiger partial charge is 0.408 e. The summed E-state index contributed by atoms with van der Waals surface area (Å²) in [6, 6.07) is 5.00. The third-order valence-electron chi connectivity index (χ3n) is 3.24. The summed E-state index contributed by atoms with van der Waals surface area (Å²) in [4.78, 5) is 31.3. The van der Waals surface area contributed by atoms with Gasteiger partial charge in [-0.15, -0.1) is 0 Å². The van der Waals surface area contributed by atoms with Crippen LogP contribution in [0.3, 0.4) is 0 Å². The highest BCUT2D eigenvalue weighted by atomic mass is 16.6. The van der Waals surface area contributed by atoms with Crippen LogP contribution in [0.25, 0.3) is 11.0 Å². The van der Waals surface area contributed by atoms with Gasteiger partial charge < -0.3 is 19.8 Å². The molecule has 2 heterocycles. The molecule has 25 heavy (non-hydrogen) atoms. The predicted molar refractivity (Wildman–Crippen MR) is 94.4 cm³/mol. The maximum absolute atomic E-state index is 12.0. The number of hydrogen-bond donors (Lipinski definition) is 2. The Hall–Kier alpha value is -2.57. The van der Waals surface area contributed by atoms with Crippen molar-refractivity contribution in [2.75, 3.05) is 0 Å². The predicted octanol–water partition coefficient (Wildman–Crippen LogP) is 3.71. The highest BCUT2D eigenvalue weighted by molar-refractivity contribution is 5.93. The summed E-state index contributed by atoms with van der Waals surface area (Å²) in [6.07, 6.45) is -0.699. The quantitative estimate of drug-likeness (QED) is 0.822.